The number of H-pyrrole nitrogens is 1. The number of aromatic nitrogens is 3. The molecule has 9 nitrogen and oxygen atoms in total. The lowest BCUT2D eigenvalue weighted by Gasteiger charge is -2.08. The molecule has 3 aromatic rings. The van der Waals surface area contributed by atoms with E-state index in [0.29, 0.717) is 22.9 Å². The molecule has 0 radical (unpaired) electrons. The maximum Gasteiger partial charge on any atom is 0.259 e. The van der Waals surface area contributed by atoms with Crippen LogP contribution in [0, 0.1) is 0 Å². The Morgan fingerprint density at radius 2 is 1.86 bits per heavy atom. The summed E-state index contributed by atoms with van der Waals surface area (Å²) in [7, 11) is -0.502. The number of nitrogens with zero attached hydrogens (tertiary/aromatic N) is 2. The number of hydrogen-bond donors (Lipinski definition) is 2. The molecule has 1 amide bonds. The number of methoxy groups -OCH3 is 2. The standard InChI is InChI=1S/C18H18N4O5S/c1-26-11-8-9-12(14(10-11)27-2)16-19-18(22-21-16)20-17(23)13-6-4-5-7-15(13)28(3,24)25/h4-10H,1-3H3,(H2,19,20,21,22,23). The van der Waals surface area contributed by atoms with Crippen molar-refractivity contribution in [2.24, 2.45) is 0 Å². The van der Waals surface area contributed by atoms with Crippen molar-refractivity contribution in [3.63, 3.8) is 0 Å². The van der Waals surface area contributed by atoms with E-state index in [4.69, 9.17) is 9.47 Å². The highest BCUT2D eigenvalue weighted by Crippen LogP contribution is 2.31. The van der Waals surface area contributed by atoms with E-state index in [0.717, 1.165) is 6.26 Å². The van der Waals surface area contributed by atoms with Crippen molar-refractivity contribution in [3.8, 4) is 22.9 Å². The Balaban J connectivity index is 1.88. The van der Waals surface area contributed by atoms with E-state index in [1.807, 2.05) is 0 Å². The van der Waals surface area contributed by atoms with Crippen molar-refractivity contribution in [2.45, 2.75) is 4.90 Å². The monoisotopic (exact) mass is 402 g/mol. The van der Waals surface area contributed by atoms with Gasteiger partial charge in [-0.3, -0.25) is 15.2 Å². The fourth-order valence-corrected chi connectivity index (χ4v) is 3.46. The summed E-state index contributed by atoms with van der Waals surface area (Å²) >= 11 is 0. The van der Waals surface area contributed by atoms with Crippen LogP contribution in [0.4, 0.5) is 5.95 Å². The number of benzene rings is 2. The normalized spacial score (nSPS) is 11.1. The average molecular weight is 402 g/mol. The van der Waals surface area contributed by atoms with Gasteiger partial charge in [0.05, 0.1) is 30.2 Å². The molecule has 146 valence electrons. The van der Waals surface area contributed by atoms with Gasteiger partial charge >= 0.3 is 0 Å². The summed E-state index contributed by atoms with van der Waals surface area (Å²) in [6, 6.07) is 11.1. The second-order valence-corrected chi connectivity index (χ2v) is 7.78. The second-order valence-electron chi connectivity index (χ2n) is 5.80. The Hall–Kier alpha value is -3.40. The number of anilines is 1. The van der Waals surface area contributed by atoms with Crippen LogP contribution in [-0.2, 0) is 9.84 Å². The summed E-state index contributed by atoms with van der Waals surface area (Å²) in [5, 5.41) is 9.18. The number of ether oxygens (including phenoxy) is 2. The molecule has 0 aliphatic carbocycles. The molecule has 0 saturated heterocycles. The van der Waals surface area contributed by atoms with Crippen LogP contribution in [0.15, 0.2) is 47.4 Å². The molecule has 0 spiro atoms. The second kappa shape index (κ2) is 7.69. The summed E-state index contributed by atoms with van der Waals surface area (Å²) in [5.74, 6) is 0.863. The molecule has 0 bridgehead atoms. The highest BCUT2D eigenvalue weighted by Gasteiger charge is 2.20. The van der Waals surface area contributed by atoms with Gasteiger partial charge in [0, 0.05) is 12.3 Å². The Kier molecular flexibility index (Phi) is 5.32. The molecule has 0 fully saturated rings. The molecule has 0 atom stereocenters. The van der Waals surface area contributed by atoms with Crippen molar-refractivity contribution in [1.82, 2.24) is 15.2 Å². The molecule has 1 aromatic heterocycles. The average Bonchev–Trinajstić information content (AvgIpc) is 3.14. The number of aromatic amines is 1. The summed E-state index contributed by atoms with van der Waals surface area (Å²) in [4.78, 5) is 16.7. The van der Waals surface area contributed by atoms with Gasteiger partial charge in [-0.2, -0.15) is 4.98 Å². The molecule has 0 saturated carbocycles. The first-order valence-corrected chi connectivity index (χ1v) is 9.98. The number of sulfone groups is 1. The molecule has 3 rings (SSSR count). The van der Waals surface area contributed by atoms with Gasteiger partial charge in [0.15, 0.2) is 15.7 Å². The molecule has 28 heavy (non-hydrogen) atoms. The molecule has 0 unspecified atom stereocenters. The Morgan fingerprint density at radius 1 is 1.11 bits per heavy atom. The number of hydrogen-bond acceptors (Lipinski definition) is 7. The SMILES string of the molecule is COc1ccc(-c2nc(NC(=O)c3ccccc3S(C)(=O)=O)n[nH]2)c(OC)c1. The lowest BCUT2D eigenvalue weighted by Crippen LogP contribution is -2.16. The zero-order valence-electron chi connectivity index (χ0n) is 15.4. The van der Waals surface area contributed by atoms with Crippen molar-refractivity contribution in [1.29, 1.82) is 0 Å². The Morgan fingerprint density at radius 3 is 2.54 bits per heavy atom. The third kappa shape index (κ3) is 3.96. The minimum atomic E-state index is -3.56. The highest BCUT2D eigenvalue weighted by molar-refractivity contribution is 7.90. The Labute approximate surface area is 161 Å². The first kappa shape index (κ1) is 19.4. The van der Waals surface area contributed by atoms with E-state index in [1.54, 1.807) is 37.4 Å². The van der Waals surface area contributed by atoms with Gasteiger partial charge in [0.2, 0.25) is 5.95 Å². The minimum Gasteiger partial charge on any atom is -0.497 e. The Bertz CT molecular complexity index is 1120. The third-order valence-corrected chi connectivity index (χ3v) is 5.06. The van der Waals surface area contributed by atoms with Crippen LogP contribution >= 0.6 is 0 Å². The van der Waals surface area contributed by atoms with Crippen LogP contribution in [0.2, 0.25) is 0 Å². The molecule has 1 heterocycles. The van der Waals surface area contributed by atoms with Gasteiger partial charge in [-0.05, 0) is 24.3 Å². The topological polar surface area (TPSA) is 123 Å². The van der Waals surface area contributed by atoms with E-state index < -0.39 is 15.7 Å². The number of rotatable bonds is 6. The fraction of sp³-hybridized carbons (Fsp3) is 0.167. The van der Waals surface area contributed by atoms with Crippen LogP contribution in [0.25, 0.3) is 11.4 Å². The molecule has 0 aliphatic heterocycles. The molecule has 0 aliphatic rings. The molecule has 2 N–H and O–H groups in total. The van der Waals surface area contributed by atoms with Crippen molar-refractivity contribution >= 4 is 21.7 Å². The molecular formula is C18H18N4O5S. The van der Waals surface area contributed by atoms with Gasteiger partial charge in [-0.25, -0.2) is 8.42 Å². The van der Waals surface area contributed by atoms with Gasteiger partial charge in [-0.15, -0.1) is 5.10 Å². The van der Waals surface area contributed by atoms with Gasteiger partial charge in [0.25, 0.3) is 5.91 Å². The quantitative estimate of drug-likeness (QED) is 0.647. The summed E-state index contributed by atoms with van der Waals surface area (Å²) in [6.45, 7) is 0. The summed E-state index contributed by atoms with van der Waals surface area (Å²) in [5.41, 5.74) is 0.631. The third-order valence-electron chi connectivity index (χ3n) is 3.91. The van der Waals surface area contributed by atoms with Crippen LogP contribution in [0.5, 0.6) is 11.5 Å². The van der Waals surface area contributed by atoms with E-state index in [2.05, 4.69) is 20.5 Å². The number of nitrogens with one attached hydrogen (secondary N) is 2. The number of carbonyl (C=O) groups is 1. The first-order chi connectivity index (χ1) is 13.3. The van der Waals surface area contributed by atoms with Gasteiger partial charge in [0.1, 0.15) is 11.5 Å². The lowest BCUT2D eigenvalue weighted by atomic mass is 10.2. The summed E-state index contributed by atoms with van der Waals surface area (Å²) in [6.07, 6.45) is 1.04. The number of carbonyl (C=O) groups excluding carboxylic acids is 1. The minimum absolute atomic E-state index is 0.00109. The highest BCUT2D eigenvalue weighted by atomic mass is 32.2. The maximum atomic E-state index is 12.5. The fourth-order valence-electron chi connectivity index (χ4n) is 2.58. The van der Waals surface area contributed by atoms with Crippen molar-refractivity contribution in [2.75, 3.05) is 25.8 Å². The van der Waals surface area contributed by atoms with Gasteiger partial charge < -0.3 is 9.47 Å². The first-order valence-electron chi connectivity index (χ1n) is 8.08. The van der Waals surface area contributed by atoms with E-state index in [9.17, 15) is 13.2 Å². The predicted octanol–water partition coefficient (Wildman–Crippen LogP) is 2.14. The van der Waals surface area contributed by atoms with Crippen LogP contribution in [0.1, 0.15) is 10.4 Å². The molecule has 10 heteroatoms. The van der Waals surface area contributed by atoms with Crippen LogP contribution in [-0.4, -0.2) is 50.0 Å². The lowest BCUT2D eigenvalue weighted by molar-refractivity contribution is 0.102. The zero-order chi connectivity index (χ0) is 20.3. The van der Waals surface area contributed by atoms with E-state index >= 15 is 0 Å². The van der Waals surface area contributed by atoms with Crippen molar-refractivity contribution in [3.05, 3.63) is 48.0 Å². The van der Waals surface area contributed by atoms with Crippen LogP contribution in [0.3, 0.4) is 0 Å². The predicted molar refractivity (Wildman–Crippen MR) is 102 cm³/mol. The molecule has 2 aromatic carbocycles. The molecular weight excluding hydrogens is 384 g/mol. The van der Waals surface area contributed by atoms with E-state index in [1.165, 1.54) is 19.2 Å². The number of amides is 1. The largest absolute Gasteiger partial charge is 0.497 e. The van der Waals surface area contributed by atoms with Crippen LogP contribution < -0.4 is 14.8 Å². The van der Waals surface area contributed by atoms with Crippen molar-refractivity contribution < 1.29 is 22.7 Å². The summed E-state index contributed by atoms with van der Waals surface area (Å²) < 4.78 is 34.3. The zero-order valence-corrected chi connectivity index (χ0v) is 16.2. The van der Waals surface area contributed by atoms with E-state index in [-0.39, 0.29) is 16.4 Å². The van der Waals surface area contributed by atoms with Gasteiger partial charge in [-0.1, -0.05) is 12.1 Å². The smallest absolute Gasteiger partial charge is 0.259 e. The maximum absolute atomic E-state index is 12.5.